The van der Waals surface area contributed by atoms with Crippen molar-refractivity contribution in [3.05, 3.63) is 24.0 Å². The fourth-order valence-electron chi connectivity index (χ4n) is 1.36. The van der Waals surface area contributed by atoms with Crippen molar-refractivity contribution in [3.8, 4) is 5.75 Å². The van der Waals surface area contributed by atoms with Crippen LogP contribution >= 0.6 is 0 Å². The number of hydrogen-bond acceptors (Lipinski definition) is 3. The van der Waals surface area contributed by atoms with Gasteiger partial charge in [0.05, 0.1) is 13.7 Å². The highest BCUT2D eigenvalue weighted by Crippen LogP contribution is 2.21. The third-order valence-electron chi connectivity index (χ3n) is 2.76. The topological polar surface area (TPSA) is 41.6 Å². The Hall–Kier alpha value is -1.78. The Morgan fingerprint density at radius 3 is 2.72 bits per heavy atom. The molecule has 0 atom stereocenters. The number of ether oxygens (including phenoxy) is 1. The second-order valence-electron chi connectivity index (χ2n) is 4.30. The van der Waals surface area contributed by atoms with Gasteiger partial charge in [-0.2, -0.15) is 0 Å². The number of hydrogen-bond donors (Lipinski definition) is 1. The van der Waals surface area contributed by atoms with Crippen LogP contribution in [-0.2, 0) is 4.79 Å². The molecule has 18 heavy (non-hydrogen) atoms. The second kappa shape index (κ2) is 6.23. The molecule has 0 spiro atoms. The average Bonchev–Trinajstić information content (AvgIpc) is 2.36. The summed E-state index contributed by atoms with van der Waals surface area (Å²) in [4.78, 5) is 13.4. The van der Waals surface area contributed by atoms with Crippen molar-refractivity contribution in [1.29, 1.82) is 0 Å². The van der Waals surface area contributed by atoms with E-state index in [4.69, 9.17) is 4.74 Å². The van der Waals surface area contributed by atoms with Gasteiger partial charge in [0.2, 0.25) is 5.91 Å². The average molecular weight is 254 g/mol. The first-order chi connectivity index (χ1) is 8.45. The Labute approximate surface area is 107 Å². The van der Waals surface area contributed by atoms with Crippen LogP contribution in [0.2, 0.25) is 0 Å². The minimum Gasteiger partial charge on any atom is -0.494 e. The van der Waals surface area contributed by atoms with Crippen LogP contribution in [0.5, 0.6) is 5.75 Å². The summed E-state index contributed by atoms with van der Waals surface area (Å²) >= 11 is 0. The van der Waals surface area contributed by atoms with Crippen molar-refractivity contribution < 1.29 is 13.9 Å². The molecule has 0 saturated carbocycles. The monoisotopic (exact) mass is 254 g/mol. The number of carbonyl (C=O) groups excluding carboxylic acids is 1. The molecule has 5 heteroatoms. The SMILES string of the molecule is COc1cc(NCC(=O)N(C)C(C)C)ccc1F. The van der Waals surface area contributed by atoms with Crippen molar-refractivity contribution >= 4 is 11.6 Å². The van der Waals surface area contributed by atoms with Crippen LogP contribution in [-0.4, -0.2) is 37.6 Å². The summed E-state index contributed by atoms with van der Waals surface area (Å²) in [7, 11) is 3.15. The molecule has 0 fully saturated rings. The molecule has 1 amide bonds. The molecule has 0 aromatic heterocycles. The molecule has 0 saturated heterocycles. The molecule has 1 aromatic carbocycles. The van der Waals surface area contributed by atoms with Gasteiger partial charge >= 0.3 is 0 Å². The molecule has 1 aromatic rings. The van der Waals surface area contributed by atoms with E-state index >= 15 is 0 Å². The van der Waals surface area contributed by atoms with Crippen molar-refractivity contribution in [2.75, 3.05) is 26.0 Å². The number of nitrogens with one attached hydrogen (secondary N) is 1. The van der Waals surface area contributed by atoms with Crippen LogP contribution in [0.1, 0.15) is 13.8 Å². The van der Waals surface area contributed by atoms with Crippen molar-refractivity contribution in [3.63, 3.8) is 0 Å². The van der Waals surface area contributed by atoms with Crippen molar-refractivity contribution in [2.45, 2.75) is 19.9 Å². The lowest BCUT2D eigenvalue weighted by molar-refractivity contribution is -0.129. The van der Waals surface area contributed by atoms with E-state index in [1.54, 1.807) is 18.0 Å². The van der Waals surface area contributed by atoms with Crippen LogP contribution in [0.3, 0.4) is 0 Å². The third-order valence-corrected chi connectivity index (χ3v) is 2.76. The maximum atomic E-state index is 13.2. The van der Waals surface area contributed by atoms with Crippen LogP contribution in [0.4, 0.5) is 10.1 Å². The van der Waals surface area contributed by atoms with Gasteiger partial charge in [-0.1, -0.05) is 0 Å². The second-order valence-corrected chi connectivity index (χ2v) is 4.30. The standard InChI is InChI=1S/C13H19FN2O2/c1-9(2)16(3)13(17)8-15-10-5-6-11(14)12(7-10)18-4/h5-7,9,15H,8H2,1-4H3. The molecular formula is C13H19FN2O2. The van der Waals surface area contributed by atoms with Gasteiger partial charge in [-0.15, -0.1) is 0 Å². The van der Waals surface area contributed by atoms with Gasteiger partial charge in [-0.05, 0) is 26.0 Å². The third kappa shape index (κ3) is 3.61. The zero-order valence-electron chi connectivity index (χ0n) is 11.2. The first-order valence-corrected chi connectivity index (χ1v) is 5.78. The Morgan fingerprint density at radius 1 is 1.50 bits per heavy atom. The highest BCUT2D eigenvalue weighted by atomic mass is 19.1. The van der Waals surface area contributed by atoms with E-state index in [1.807, 2.05) is 13.8 Å². The lowest BCUT2D eigenvalue weighted by atomic mass is 10.3. The molecule has 0 aliphatic rings. The highest BCUT2D eigenvalue weighted by molar-refractivity contribution is 5.80. The summed E-state index contributed by atoms with van der Waals surface area (Å²) in [5.74, 6) is -0.286. The Bertz CT molecular complexity index is 421. The Morgan fingerprint density at radius 2 is 2.17 bits per heavy atom. The van der Waals surface area contributed by atoms with Crippen molar-refractivity contribution in [1.82, 2.24) is 4.90 Å². The molecule has 0 heterocycles. The number of halogens is 1. The maximum absolute atomic E-state index is 13.2. The lowest BCUT2D eigenvalue weighted by Crippen LogP contribution is -2.37. The Balaban J connectivity index is 2.61. The quantitative estimate of drug-likeness (QED) is 0.875. The van der Waals surface area contributed by atoms with Crippen LogP contribution in [0.15, 0.2) is 18.2 Å². The molecule has 0 bridgehead atoms. The molecule has 1 N–H and O–H groups in total. The van der Waals surface area contributed by atoms with Gasteiger partial charge in [0.1, 0.15) is 0 Å². The molecule has 0 radical (unpaired) electrons. The predicted octanol–water partition coefficient (Wildman–Crippen LogP) is 2.11. The van der Waals surface area contributed by atoms with Crippen molar-refractivity contribution in [2.24, 2.45) is 0 Å². The first-order valence-electron chi connectivity index (χ1n) is 5.78. The summed E-state index contributed by atoms with van der Waals surface area (Å²) < 4.78 is 18.0. The lowest BCUT2D eigenvalue weighted by Gasteiger charge is -2.21. The maximum Gasteiger partial charge on any atom is 0.241 e. The number of anilines is 1. The summed E-state index contributed by atoms with van der Waals surface area (Å²) in [6.45, 7) is 4.06. The summed E-state index contributed by atoms with van der Waals surface area (Å²) in [6, 6.07) is 4.55. The van der Waals surface area contributed by atoms with E-state index in [2.05, 4.69) is 5.32 Å². The summed E-state index contributed by atoms with van der Waals surface area (Å²) in [6.07, 6.45) is 0. The fourth-order valence-corrected chi connectivity index (χ4v) is 1.36. The van der Waals surface area contributed by atoms with E-state index in [9.17, 15) is 9.18 Å². The van der Waals surface area contributed by atoms with Gasteiger partial charge in [0.25, 0.3) is 0 Å². The summed E-state index contributed by atoms with van der Waals surface area (Å²) in [5.41, 5.74) is 0.652. The molecular weight excluding hydrogens is 235 g/mol. The van der Waals surface area contributed by atoms with Gasteiger partial charge in [0.15, 0.2) is 11.6 Å². The molecule has 1 rings (SSSR count). The number of carbonyl (C=O) groups is 1. The number of rotatable bonds is 5. The molecule has 0 aliphatic heterocycles. The molecule has 4 nitrogen and oxygen atoms in total. The molecule has 0 aliphatic carbocycles. The number of benzene rings is 1. The first kappa shape index (κ1) is 14.3. The number of likely N-dealkylation sites (N-methyl/N-ethyl adjacent to an activating group) is 1. The van der Waals surface area contributed by atoms with E-state index in [0.717, 1.165) is 0 Å². The smallest absolute Gasteiger partial charge is 0.241 e. The Kier molecular flexibility index (Phi) is 4.95. The normalized spacial score (nSPS) is 10.3. The van der Waals surface area contributed by atoms with Crippen LogP contribution in [0, 0.1) is 5.82 Å². The highest BCUT2D eigenvalue weighted by Gasteiger charge is 2.11. The number of amides is 1. The number of methoxy groups -OCH3 is 1. The zero-order chi connectivity index (χ0) is 13.7. The van der Waals surface area contributed by atoms with E-state index in [1.165, 1.54) is 19.2 Å². The minimum absolute atomic E-state index is 0.0201. The van der Waals surface area contributed by atoms with E-state index in [0.29, 0.717) is 5.69 Å². The summed E-state index contributed by atoms with van der Waals surface area (Å²) in [5, 5.41) is 2.94. The van der Waals surface area contributed by atoms with Gasteiger partial charge < -0.3 is 15.0 Å². The molecule has 0 unspecified atom stereocenters. The van der Waals surface area contributed by atoms with Gasteiger partial charge in [0, 0.05) is 24.8 Å². The predicted molar refractivity (Wildman–Crippen MR) is 69.3 cm³/mol. The van der Waals surface area contributed by atoms with Crippen LogP contribution < -0.4 is 10.1 Å². The largest absolute Gasteiger partial charge is 0.494 e. The minimum atomic E-state index is -0.423. The van der Waals surface area contributed by atoms with E-state index < -0.39 is 5.82 Å². The van der Waals surface area contributed by atoms with Gasteiger partial charge in [-0.25, -0.2) is 4.39 Å². The fraction of sp³-hybridized carbons (Fsp3) is 0.462. The van der Waals surface area contributed by atoms with Crippen LogP contribution in [0.25, 0.3) is 0 Å². The van der Waals surface area contributed by atoms with E-state index in [-0.39, 0.29) is 24.2 Å². The molecule has 100 valence electrons. The van der Waals surface area contributed by atoms with Gasteiger partial charge in [-0.3, -0.25) is 4.79 Å². The number of nitrogens with zero attached hydrogens (tertiary/aromatic N) is 1. The zero-order valence-corrected chi connectivity index (χ0v) is 11.2.